The van der Waals surface area contributed by atoms with Crippen LogP contribution in [0.1, 0.15) is 31.6 Å². The number of furan rings is 1. The van der Waals surface area contributed by atoms with Gasteiger partial charge in [0, 0.05) is 25.1 Å². The lowest BCUT2D eigenvalue weighted by Gasteiger charge is -2.23. The maximum Gasteiger partial charge on any atom is 0.240 e. The van der Waals surface area contributed by atoms with Crippen LogP contribution in [0.15, 0.2) is 45.9 Å². The van der Waals surface area contributed by atoms with Gasteiger partial charge in [-0.2, -0.15) is 0 Å². The number of aryl methyl sites for hydroxylation is 1. The zero-order valence-electron chi connectivity index (χ0n) is 15.1. The van der Waals surface area contributed by atoms with Gasteiger partial charge in [-0.15, -0.1) is 0 Å². The number of hydrogen-bond donors (Lipinski definition) is 3. The van der Waals surface area contributed by atoms with Crippen LogP contribution in [-0.4, -0.2) is 31.6 Å². The number of aliphatic hydroxyl groups is 1. The normalized spacial score (nSPS) is 14.0. The fourth-order valence-electron chi connectivity index (χ4n) is 2.46. The van der Waals surface area contributed by atoms with Crippen molar-refractivity contribution in [2.45, 2.75) is 44.1 Å². The highest BCUT2D eigenvalue weighted by molar-refractivity contribution is 7.89. The molecule has 0 fully saturated rings. The van der Waals surface area contributed by atoms with Crippen molar-refractivity contribution in [1.82, 2.24) is 4.72 Å². The summed E-state index contributed by atoms with van der Waals surface area (Å²) in [5.74, 6) is 0.425. The molecule has 1 heterocycles. The van der Waals surface area contributed by atoms with Gasteiger partial charge < -0.3 is 14.8 Å². The molecule has 1 aromatic heterocycles. The molecule has 0 aliphatic rings. The molecule has 0 unspecified atom stereocenters. The molecule has 142 valence electrons. The minimum atomic E-state index is -3.81. The van der Waals surface area contributed by atoms with E-state index in [1.54, 1.807) is 32.0 Å². The Hall–Kier alpha value is -2.16. The molecular weight excluding hydrogens is 356 g/mol. The molecule has 1 atom stereocenters. The van der Waals surface area contributed by atoms with Crippen LogP contribution in [0.25, 0.3) is 0 Å². The standard InChI is InChI=1S/C18H24N2O5S/c1-4-17(21)20-14-7-8-16(13(2)10-14)26(23,24)19-12-18(3,22)11-15-6-5-9-25-15/h5-10,19,22H,4,11-12H2,1-3H3,(H,20,21)/t18-/m1/s1. The fraction of sp³-hybridized carbons (Fsp3) is 0.389. The van der Waals surface area contributed by atoms with Gasteiger partial charge in [0.25, 0.3) is 0 Å². The van der Waals surface area contributed by atoms with Gasteiger partial charge in [0.1, 0.15) is 5.76 Å². The first-order valence-corrected chi connectivity index (χ1v) is 9.76. The molecule has 1 aromatic carbocycles. The molecule has 0 saturated heterocycles. The van der Waals surface area contributed by atoms with Crippen molar-refractivity contribution in [2.24, 2.45) is 0 Å². The smallest absolute Gasteiger partial charge is 0.240 e. The molecular formula is C18H24N2O5S. The quantitative estimate of drug-likeness (QED) is 0.651. The molecule has 26 heavy (non-hydrogen) atoms. The van der Waals surface area contributed by atoms with Gasteiger partial charge in [-0.25, -0.2) is 13.1 Å². The Morgan fingerprint density at radius 2 is 2.04 bits per heavy atom. The average molecular weight is 380 g/mol. The third-order valence-electron chi connectivity index (χ3n) is 3.85. The molecule has 7 nitrogen and oxygen atoms in total. The number of benzene rings is 1. The number of carbonyl (C=O) groups excluding carboxylic acids is 1. The second-order valence-corrected chi connectivity index (χ2v) is 8.20. The van der Waals surface area contributed by atoms with E-state index in [4.69, 9.17) is 4.42 Å². The summed E-state index contributed by atoms with van der Waals surface area (Å²) in [7, 11) is -3.81. The summed E-state index contributed by atoms with van der Waals surface area (Å²) in [5, 5.41) is 13.1. The Kier molecular flexibility index (Phi) is 6.22. The van der Waals surface area contributed by atoms with Crippen LogP contribution in [0.4, 0.5) is 5.69 Å². The number of sulfonamides is 1. The van der Waals surface area contributed by atoms with Crippen molar-refractivity contribution in [1.29, 1.82) is 0 Å². The van der Waals surface area contributed by atoms with Crippen molar-refractivity contribution in [3.05, 3.63) is 47.9 Å². The topological polar surface area (TPSA) is 109 Å². The maximum absolute atomic E-state index is 12.6. The molecule has 0 spiro atoms. The van der Waals surface area contributed by atoms with E-state index in [1.165, 1.54) is 25.3 Å². The first-order chi connectivity index (χ1) is 12.1. The van der Waals surface area contributed by atoms with E-state index in [0.29, 0.717) is 23.4 Å². The Bertz CT molecular complexity index is 858. The molecule has 0 saturated carbocycles. The summed E-state index contributed by atoms with van der Waals surface area (Å²) in [4.78, 5) is 11.5. The number of amides is 1. The van der Waals surface area contributed by atoms with Crippen LogP contribution < -0.4 is 10.0 Å². The van der Waals surface area contributed by atoms with E-state index in [2.05, 4.69) is 10.0 Å². The molecule has 2 aromatic rings. The van der Waals surface area contributed by atoms with Crippen molar-refractivity contribution < 1.29 is 22.7 Å². The zero-order valence-corrected chi connectivity index (χ0v) is 15.9. The minimum absolute atomic E-state index is 0.0980. The van der Waals surface area contributed by atoms with Crippen molar-refractivity contribution >= 4 is 21.6 Å². The first-order valence-electron chi connectivity index (χ1n) is 8.28. The maximum atomic E-state index is 12.6. The Balaban J connectivity index is 2.08. The Labute approximate surface area is 153 Å². The SMILES string of the molecule is CCC(=O)Nc1ccc(S(=O)(=O)NC[C@](C)(O)Cc2ccco2)c(C)c1. The summed E-state index contributed by atoms with van der Waals surface area (Å²) in [6.07, 6.45) is 2.02. The van der Waals surface area contributed by atoms with Crippen LogP contribution >= 0.6 is 0 Å². The van der Waals surface area contributed by atoms with Crippen molar-refractivity contribution in [3.8, 4) is 0 Å². The summed E-state index contributed by atoms with van der Waals surface area (Å²) in [6, 6.07) is 8.00. The predicted octanol–water partition coefficient (Wildman–Crippen LogP) is 2.21. The van der Waals surface area contributed by atoms with Crippen molar-refractivity contribution in [3.63, 3.8) is 0 Å². The van der Waals surface area contributed by atoms with Gasteiger partial charge in [-0.3, -0.25) is 4.79 Å². The highest BCUT2D eigenvalue weighted by Gasteiger charge is 2.26. The Morgan fingerprint density at radius 3 is 2.62 bits per heavy atom. The number of hydrogen-bond acceptors (Lipinski definition) is 5. The van der Waals surface area contributed by atoms with E-state index < -0.39 is 15.6 Å². The van der Waals surface area contributed by atoms with Gasteiger partial charge in [-0.05, 0) is 49.7 Å². The lowest BCUT2D eigenvalue weighted by atomic mass is 10.0. The average Bonchev–Trinajstić information content (AvgIpc) is 3.05. The van der Waals surface area contributed by atoms with Crippen molar-refractivity contribution in [2.75, 3.05) is 11.9 Å². The molecule has 1 amide bonds. The molecule has 8 heteroatoms. The van der Waals surface area contributed by atoms with Crippen LogP contribution in [0.3, 0.4) is 0 Å². The molecule has 0 radical (unpaired) electrons. The number of rotatable bonds is 8. The third-order valence-corrected chi connectivity index (χ3v) is 5.41. The van der Waals surface area contributed by atoms with E-state index in [9.17, 15) is 18.3 Å². The van der Waals surface area contributed by atoms with Gasteiger partial charge in [0.15, 0.2) is 0 Å². The highest BCUT2D eigenvalue weighted by atomic mass is 32.2. The van der Waals surface area contributed by atoms with Gasteiger partial charge in [0.05, 0.1) is 16.8 Å². The van der Waals surface area contributed by atoms with Crippen LogP contribution in [0, 0.1) is 6.92 Å². The van der Waals surface area contributed by atoms with Crippen LogP contribution in [0.2, 0.25) is 0 Å². The minimum Gasteiger partial charge on any atom is -0.469 e. The predicted molar refractivity (Wildman–Crippen MR) is 98.3 cm³/mol. The van der Waals surface area contributed by atoms with Gasteiger partial charge in [-0.1, -0.05) is 6.92 Å². The molecule has 0 bridgehead atoms. The van der Waals surface area contributed by atoms with E-state index in [-0.39, 0.29) is 23.8 Å². The molecule has 2 rings (SSSR count). The fourth-order valence-corrected chi connectivity index (χ4v) is 3.84. The number of nitrogens with one attached hydrogen (secondary N) is 2. The summed E-state index contributed by atoms with van der Waals surface area (Å²) in [6.45, 7) is 4.76. The summed E-state index contributed by atoms with van der Waals surface area (Å²) < 4.78 is 32.7. The highest BCUT2D eigenvalue weighted by Crippen LogP contribution is 2.21. The van der Waals surface area contributed by atoms with E-state index in [0.717, 1.165) is 0 Å². The zero-order chi connectivity index (χ0) is 19.4. The monoisotopic (exact) mass is 380 g/mol. The number of carbonyl (C=O) groups is 1. The first kappa shape index (κ1) is 20.2. The van der Waals surface area contributed by atoms with Gasteiger partial charge in [0.2, 0.25) is 15.9 Å². The molecule has 0 aliphatic heterocycles. The van der Waals surface area contributed by atoms with E-state index >= 15 is 0 Å². The largest absolute Gasteiger partial charge is 0.469 e. The summed E-state index contributed by atoms with van der Waals surface area (Å²) >= 11 is 0. The molecule has 0 aliphatic carbocycles. The van der Waals surface area contributed by atoms with Gasteiger partial charge >= 0.3 is 0 Å². The lowest BCUT2D eigenvalue weighted by molar-refractivity contribution is -0.115. The lowest BCUT2D eigenvalue weighted by Crippen LogP contribution is -2.42. The Morgan fingerprint density at radius 1 is 1.31 bits per heavy atom. The number of anilines is 1. The second-order valence-electron chi connectivity index (χ2n) is 6.46. The van der Waals surface area contributed by atoms with E-state index in [1.807, 2.05) is 0 Å². The van der Waals surface area contributed by atoms with Crippen LogP contribution in [0.5, 0.6) is 0 Å². The van der Waals surface area contributed by atoms with Crippen LogP contribution in [-0.2, 0) is 21.2 Å². The summed E-state index contributed by atoms with van der Waals surface area (Å²) in [5.41, 5.74) is -0.261. The third kappa shape index (κ3) is 5.42. The molecule has 3 N–H and O–H groups in total. The second kappa shape index (κ2) is 8.03.